The van der Waals surface area contributed by atoms with Crippen molar-refractivity contribution in [3.8, 4) is 0 Å². The number of nitrogens with one attached hydrogen (secondary N) is 1. The minimum Gasteiger partial charge on any atom is -0.389 e. The van der Waals surface area contributed by atoms with Crippen molar-refractivity contribution in [3.05, 3.63) is 34.9 Å². The standard InChI is InChI=1S/C15H24ClNO2/c1-15(2,3)19-11-14(18)10-17-9-8-12-4-6-13(16)7-5-12/h4-7,14,17-18H,8-11H2,1-3H3. The number of ether oxygens (including phenoxy) is 1. The number of hydrogen-bond acceptors (Lipinski definition) is 3. The minimum absolute atomic E-state index is 0.204. The zero-order valence-corrected chi connectivity index (χ0v) is 12.7. The first kappa shape index (κ1) is 16.4. The first-order chi connectivity index (χ1) is 8.87. The summed E-state index contributed by atoms with van der Waals surface area (Å²) in [5, 5.41) is 13.7. The van der Waals surface area contributed by atoms with Crippen LogP contribution in [0.25, 0.3) is 0 Å². The molecule has 2 N–H and O–H groups in total. The molecule has 0 bridgehead atoms. The molecular formula is C15H24ClNO2. The van der Waals surface area contributed by atoms with Gasteiger partial charge in [-0.15, -0.1) is 0 Å². The first-order valence-corrected chi connectivity index (χ1v) is 7.02. The lowest BCUT2D eigenvalue weighted by atomic mass is 10.1. The summed E-state index contributed by atoms with van der Waals surface area (Å²) in [6.07, 6.45) is 0.453. The lowest BCUT2D eigenvalue weighted by molar-refractivity contribution is -0.0477. The van der Waals surface area contributed by atoms with Gasteiger partial charge in [0, 0.05) is 11.6 Å². The van der Waals surface area contributed by atoms with Gasteiger partial charge in [0.25, 0.3) is 0 Å². The van der Waals surface area contributed by atoms with Crippen LogP contribution in [0.2, 0.25) is 5.02 Å². The van der Waals surface area contributed by atoms with Gasteiger partial charge in [-0.3, -0.25) is 0 Å². The van der Waals surface area contributed by atoms with Crippen molar-refractivity contribution in [2.75, 3.05) is 19.7 Å². The van der Waals surface area contributed by atoms with Gasteiger partial charge >= 0.3 is 0 Å². The maximum Gasteiger partial charge on any atom is 0.0897 e. The van der Waals surface area contributed by atoms with Crippen LogP contribution in [0, 0.1) is 0 Å². The van der Waals surface area contributed by atoms with E-state index in [9.17, 15) is 5.11 Å². The Morgan fingerprint density at radius 2 is 1.89 bits per heavy atom. The average Bonchev–Trinajstić information content (AvgIpc) is 2.33. The summed E-state index contributed by atoms with van der Waals surface area (Å²) in [7, 11) is 0. The number of halogens is 1. The Kier molecular flexibility index (Phi) is 6.80. The molecule has 108 valence electrons. The third-order valence-corrected chi connectivity index (χ3v) is 2.84. The van der Waals surface area contributed by atoms with Crippen LogP contribution >= 0.6 is 11.6 Å². The van der Waals surface area contributed by atoms with Gasteiger partial charge in [0.1, 0.15) is 0 Å². The van der Waals surface area contributed by atoms with E-state index in [0.29, 0.717) is 13.2 Å². The zero-order chi connectivity index (χ0) is 14.3. The Bertz CT molecular complexity index is 359. The van der Waals surface area contributed by atoms with E-state index >= 15 is 0 Å². The van der Waals surface area contributed by atoms with Gasteiger partial charge < -0.3 is 15.2 Å². The minimum atomic E-state index is -0.468. The largest absolute Gasteiger partial charge is 0.389 e. The maximum atomic E-state index is 9.74. The predicted molar refractivity (Wildman–Crippen MR) is 79.7 cm³/mol. The summed E-state index contributed by atoms with van der Waals surface area (Å²) >= 11 is 5.82. The van der Waals surface area contributed by atoms with Crippen LogP contribution in [0.4, 0.5) is 0 Å². The van der Waals surface area contributed by atoms with Crippen LogP contribution in [0.5, 0.6) is 0 Å². The Morgan fingerprint density at radius 3 is 2.47 bits per heavy atom. The molecule has 1 aromatic carbocycles. The summed E-state index contributed by atoms with van der Waals surface area (Å²) < 4.78 is 5.51. The molecule has 1 rings (SSSR count). The van der Waals surface area contributed by atoms with E-state index in [1.54, 1.807) is 0 Å². The molecule has 0 aliphatic carbocycles. The summed E-state index contributed by atoms with van der Waals surface area (Å²) in [6, 6.07) is 7.82. The number of aliphatic hydroxyl groups excluding tert-OH is 1. The Morgan fingerprint density at radius 1 is 1.26 bits per heavy atom. The molecule has 1 atom stereocenters. The smallest absolute Gasteiger partial charge is 0.0897 e. The van der Waals surface area contributed by atoms with Crippen molar-refractivity contribution in [1.29, 1.82) is 0 Å². The van der Waals surface area contributed by atoms with Crippen molar-refractivity contribution in [3.63, 3.8) is 0 Å². The molecular weight excluding hydrogens is 262 g/mol. The molecule has 1 aromatic rings. The topological polar surface area (TPSA) is 41.5 Å². The third-order valence-electron chi connectivity index (χ3n) is 2.59. The molecule has 0 aliphatic rings. The molecule has 0 aliphatic heterocycles. The normalized spacial score (nSPS) is 13.5. The second-order valence-corrected chi connectivity index (χ2v) is 6.09. The van der Waals surface area contributed by atoms with E-state index in [1.165, 1.54) is 5.56 Å². The molecule has 1 unspecified atom stereocenters. The summed E-state index contributed by atoms with van der Waals surface area (Å²) in [6.45, 7) is 7.67. The van der Waals surface area contributed by atoms with Gasteiger partial charge in [0.2, 0.25) is 0 Å². The molecule has 3 nitrogen and oxygen atoms in total. The van der Waals surface area contributed by atoms with Crippen LogP contribution in [0.15, 0.2) is 24.3 Å². The molecule has 0 aromatic heterocycles. The zero-order valence-electron chi connectivity index (χ0n) is 11.9. The summed E-state index contributed by atoms with van der Waals surface area (Å²) in [4.78, 5) is 0. The van der Waals surface area contributed by atoms with E-state index in [0.717, 1.165) is 18.0 Å². The second kappa shape index (κ2) is 7.85. The summed E-state index contributed by atoms with van der Waals surface area (Å²) in [5.41, 5.74) is 1.03. The number of benzene rings is 1. The lowest BCUT2D eigenvalue weighted by Crippen LogP contribution is -2.34. The first-order valence-electron chi connectivity index (χ1n) is 6.64. The molecule has 0 saturated carbocycles. The number of rotatable bonds is 7. The Balaban J connectivity index is 2.12. The molecule has 0 radical (unpaired) electrons. The van der Waals surface area contributed by atoms with Crippen molar-refractivity contribution >= 4 is 11.6 Å². The van der Waals surface area contributed by atoms with E-state index in [-0.39, 0.29) is 5.60 Å². The van der Waals surface area contributed by atoms with E-state index in [4.69, 9.17) is 16.3 Å². The Hall–Kier alpha value is -0.610. The van der Waals surface area contributed by atoms with E-state index < -0.39 is 6.10 Å². The SMILES string of the molecule is CC(C)(C)OCC(O)CNCCc1ccc(Cl)cc1. The number of hydrogen-bond donors (Lipinski definition) is 2. The molecule has 4 heteroatoms. The fourth-order valence-electron chi connectivity index (χ4n) is 1.56. The van der Waals surface area contributed by atoms with E-state index in [1.807, 2.05) is 45.0 Å². The monoisotopic (exact) mass is 285 g/mol. The molecule has 0 saturated heterocycles. The quantitative estimate of drug-likeness (QED) is 0.757. The van der Waals surface area contributed by atoms with Gasteiger partial charge in [0.15, 0.2) is 0 Å². The molecule has 0 fully saturated rings. The number of aliphatic hydroxyl groups is 1. The van der Waals surface area contributed by atoms with Gasteiger partial charge in [-0.25, -0.2) is 0 Å². The lowest BCUT2D eigenvalue weighted by Gasteiger charge is -2.22. The maximum absolute atomic E-state index is 9.74. The molecule has 0 spiro atoms. The predicted octanol–water partition coefficient (Wildman–Crippen LogP) is 2.65. The van der Waals surface area contributed by atoms with Gasteiger partial charge in [0.05, 0.1) is 18.3 Å². The highest BCUT2D eigenvalue weighted by atomic mass is 35.5. The van der Waals surface area contributed by atoms with Crippen LogP contribution in [0.1, 0.15) is 26.3 Å². The van der Waals surface area contributed by atoms with Crippen LogP contribution in [0.3, 0.4) is 0 Å². The summed E-state index contributed by atoms with van der Waals surface area (Å²) in [5.74, 6) is 0. The van der Waals surface area contributed by atoms with Crippen LogP contribution in [-0.2, 0) is 11.2 Å². The average molecular weight is 286 g/mol. The third kappa shape index (κ3) is 8.22. The molecule has 19 heavy (non-hydrogen) atoms. The van der Waals surface area contributed by atoms with Crippen LogP contribution in [-0.4, -0.2) is 36.5 Å². The highest BCUT2D eigenvalue weighted by Crippen LogP contribution is 2.09. The van der Waals surface area contributed by atoms with E-state index in [2.05, 4.69) is 5.32 Å². The van der Waals surface area contributed by atoms with Gasteiger partial charge in [-0.2, -0.15) is 0 Å². The fraction of sp³-hybridized carbons (Fsp3) is 0.600. The molecule has 0 amide bonds. The van der Waals surface area contributed by atoms with Gasteiger partial charge in [-0.1, -0.05) is 23.7 Å². The highest BCUT2D eigenvalue weighted by molar-refractivity contribution is 6.30. The van der Waals surface area contributed by atoms with Crippen LogP contribution < -0.4 is 5.32 Å². The molecule has 0 heterocycles. The fourth-order valence-corrected chi connectivity index (χ4v) is 1.68. The highest BCUT2D eigenvalue weighted by Gasteiger charge is 2.13. The van der Waals surface area contributed by atoms with Crippen molar-refractivity contribution < 1.29 is 9.84 Å². The van der Waals surface area contributed by atoms with Crippen molar-refractivity contribution in [2.24, 2.45) is 0 Å². The van der Waals surface area contributed by atoms with Gasteiger partial charge in [-0.05, 0) is 51.4 Å². The van der Waals surface area contributed by atoms with Crippen molar-refractivity contribution in [1.82, 2.24) is 5.32 Å². The van der Waals surface area contributed by atoms with Crippen molar-refractivity contribution in [2.45, 2.75) is 38.9 Å². The second-order valence-electron chi connectivity index (χ2n) is 5.66. The Labute approximate surface area is 120 Å².